The first-order valence-corrected chi connectivity index (χ1v) is 7.50. The van der Waals surface area contributed by atoms with Gasteiger partial charge in [0.15, 0.2) is 0 Å². The number of halogens is 3. The van der Waals surface area contributed by atoms with Crippen LogP contribution in [0.3, 0.4) is 0 Å². The van der Waals surface area contributed by atoms with E-state index in [4.69, 9.17) is 5.11 Å². The minimum absolute atomic E-state index is 0.129. The topological polar surface area (TPSA) is 57.6 Å². The number of hydrogen-bond acceptors (Lipinski definition) is 2. The number of carbonyl (C=O) groups excluding carboxylic acids is 1. The second-order valence-corrected chi connectivity index (χ2v) is 6.06. The van der Waals surface area contributed by atoms with Crippen LogP contribution in [-0.4, -0.2) is 34.5 Å². The molecule has 1 heterocycles. The first-order valence-electron chi connectivity index (χ1n) is 7.50. The van der Waals surface area contributed by atoms with Crippen molar-refractivity contribution in [3.8, 4) is 0 Å². The predicted molar refractivity (Wildman–Crippen MR) is 74.7 cm³/mol. The van der Waals surface area contributed by atoms with Gasteiger partial charge in [-0.05, 0) is 36.8 Å². The zero-order chi connectivity index (χ0) is 16.8. The lowest BCUT2D eigenvalue weighted by molar-refractivity contribution is -0.148. The Hall–Kier alpha value is -2.05. The summed E-state index contributed by atoms with van der Waals surface area (Å²) in [5.74, 6) is -2.41. The van der Waals surface area contributed by atoms with Crippen molar-refractivity contribution in [2.45, 2.75) is 37.4 Å². The van der Waals surface area contributed by atoms with Crippen molar-refractivity contribution in [3.63, 3.8) is 0 Å². The molecule has 1 N–H and O–H groups in total. The van der Waals surface area contributed by atoms with Crippen LogP contribution in [0.25, 0.3) is 0 Å². The van der Waals surface area contributed by atoms with Crippen molar-refractivity contribution in [2.75, 3.05) is 6.54 Å². The molecule has 3 rings (SSSR count). The fourth-order valence-corrected chi connectivity index (χ4v) is 3.39. The van der Waals surface area contributed by atoms with Crippen LogP contribution in [-0.2, 0) is 15.8 Å². The van der Waals surface area contributed by atoms with E-state index in [1.54, 1.807) is 0 Å². The molecule has 1 aliphatic carbocycles. The summed E-state index contributed by atoms with van der Waals surface area (Å²) in [6, 6.07) is 4.43. The molecule has 0 bridgehead atoms. The van der Waals surface area contributed by atoms with E-state index >= 15 is 0 Å². The fraction of sp³-hybridized carbons (Fsp3) is 0.500. The Morgan fingerprint density at radius 1 is 1.22 bits per heavy atom. The summed E-state index contributed by atoms with van der Waals surface area (Å²) in [5.41, 5.74) is -0.582. The van der Waals surface area contributed by atoms with Gasteiger partial charge in [-0.3, -0.25) is 4.79 Å². The van der Waals surface area contributed by atoms with E-state index in [-0.39, 0.29) is 11.5 Å². The van der Waals surface area contributed by atoms with E-state index in [1.807, 2.05) is 0 Å². The molecule has 3 atom stereocenters. The lowest BCUT2D eigenvalue weighted by Gasteiger charge is -2.21. The van der Waals surface area contributed by atoms with Gasteiger partial charge in [-0.15, -0.1) is 0 Å². The molecule has 4 nitrogen and oxygen atoms in total. The number of likely N-dealkylation sites (tertiary alicyclic amines) is 1. The highest BCUT2D eigenvalue weighted by atomic mass is 19.4. The number of alkyl halides is 3. The number of hydrogen-bond donors (Lipinski definition) is 1. The number of carboxylic acids is 1. The molecule has 0 spiro atoms. The second-order valence-electron chi connectivity index (χ2n) is 6.06. The molecule has 7 heteroatoms. The second kappa shape index (κ2) is 5.54. The number of carboxylic acid groups (broad SMARTS) is 1. The number of aliphatic carboxylic acids is 1. The highest BCUT2D eigenvalue weighted by molar-refractivity contribution is 5.88. The maximum absolute atomic E-state index is 13.1. The molecule has 1 saturated heterocycles. The van der Waals surface area contributed by atoms with Crippen LogP contribution in [0, 0.1) is 5.92 Å². The summed E-state index contributed by atoms with van der Waals surface area (Å²) in [7, 11) is 0. The van der Waals surface area contributed by atoms with E-state index in [9.17, 15) is 22.8 Å². The minimum Gasteiger partial charge on any atom is -0.480 e. The summed E-state index contributed by atoms with van der Waals surface area (Å²) < 4.78 is 39.2. The van der Waals surface area contributed by atoms with Gasteiger partial charge in [0.05, 0.1) is 5.56 Å². The van der Waals surface area contributed by atoms with E-state index in [2.05, 4.69) is 0 Å². The molecule has 1 aromatic rings. The van der Waals surface area contributed by atoms with Gasteiger partial charge in [-0.2, -0.15) is 13.2 Å². The summed E-state index contributed by atoms with van der Waals surface area (Å²) >= 11 is 0. The third kappa shape index (κ3) is 2.92. The van der Waals surface area contributed by atoms with Crippen molar-refractivity contribution in [2.24, 2.45) is 5.92 Å². The van der Waals surface area contributed by atoms with Gasteiger partial charge in [0, 0.05) is 12.5 Å². The summed E-state index contributed by atoms with van der Waals surface area (Å²) in [6.45, 7) is 0.361. The number of benzene rings is 1. The molecule has 124 valence electrons. The van der Waals surface area contributed by atoms with Crippen molar-refractivity contribution < 1.29 is 27.9 Å². The van der Waals surface area contributed by atoms with E-state index in [0.29, 0.717) is 25.8 Å². The van der Waals surface area contributed by atoms with Crippen molar-refractivity contribution in [1.82, 2.24) is 4.90 Å². The molecule has 1 saturated carbocycles. The molecule has 0 aromatic heterocycles. The molecule has 23 heavy (non-hydrogen) atoms. The van der Waals surface area contributed by atoms with Gasteiger partial charge >= 0.3 is 12.1 Å². The Bertz CT molecular complexity index is 644. The summed E-state index contributed by atoms with van der Waals surface area (Å²) in [5, 5.41) is 9.13. The van der Waals surface area contributed by atoms with E-state index < -0.39 is 35.6 Å². The molecular formula is C16H16F3NO3. The Morgan fingerprint density at radius 3 is 2.57 bits per heavy atom. The highest BCUT2D eigenvalue weighted by Crippen LogP contribution is 2.52. The van der Waals surface area contributed by atoms with Crippen LogP contribution in [0.2, 0.25) is 0 Å². The average Bonchev–Trinajstić information content (AvgIpc) is 3.13. The molecule has 2 fully saturated rings. The number of nitrogens with zero attached hydrogens (tertiary/aromatic N) is 1. The molecule has 0 radical (unpaired) electrons. The normalized spacial score (nSPS) is 27.1. The van der Waals surface area contributed by atoms with Crippen LogP contribution in [0.1, 0.15) is 36.3 Å². The predicted octanol–water partition coefficient (Wildman–Crippen LogP) is 2.88. The molecular weight excluding hydrogens is 311 g/mol. The SMILES string of the molecule is O=C(O)[C@@H]1CCCN1C(=O)[C@@H]1C[C@@H]1c1ccccc1C(F)(F)F. The lowest BCUT2D eigenvalue weighted by atomic mass is 10.0. The van der Waals surface area contributed by atoms with Gasteiger partial charge in [0.2, 0.25) is 5.91 Å². The minimum atomic E-state index is -4.45. The van der Waals surface area contributed by atoms with Crippen LogP contribution < -0.4 is 0 Å². The third-order valence-electron chi connectivity index (χ3n) is 4.59. The maximum atomic E-state index is 13.1. The number of carbonyl (C=O) groups is 2. The Kier molecular flexibility index (Phi) is 3.82. The van der Waals surface area contributed by atoms with Crippen molar-refractivity contribution in [3.05, 3.63) is 35.4 Å². The van der Waals surface area contributed by atoms with Crippen LogP contribution in [0.5, 0.6) is 0 Å². The lowest BCUT2D eigenvalue weighted by Crippen LogP contribution is -2.41. The Morgan fingerprint density at radius 2 is 1.91 bits per heavy atom. The van der Waals surface area contributed by atoms with E-state index in [1.165, 1.54) is 23.1 Å². The molecule has 1 aliphatic heterocycles. The Labute approximate surface area is 130 Å². The monoisotopic (exact) mass is 327 g/mol. The zero-order valence-electron chi connectivity index (χ0n) is 12.2. The van der Waals surface area contributed by atoms with Gasteiger partial charge in [0.25, 0.3) is 0 Å². The zero-order valence-corrected chi connectivity index (χ0v) is 12.2. The standard InChI is InChI=1S/C16H16F3NO3/c17-16(18,19)12-5-2-1-4-9(12)10-8-11(10)14(21)20-7-3-6-13(20)15(22)23/h1-2,4-5,10-11,13H,3,6-8H2,(H,22,23)/t10-,11-,13+/m1/s1. The fourth-order valence-electron chi connectivity index (χ4n) is 3.39. The third-order valence-corrected chi connectivity index (χ3v) is 4.59. The molecule has 1 aromatic carbocycles. The quantitative estimate of drug-likeness (QED) is 0.929. The maximum Gasteiger partial charge on any atom is 0.416 e. The van der Waals surface area contributed by atoms with Gasteiger partial charge in [0.1, 0.15) is 6.04 Å². The summed E-state index contributed by atoms with van der Waals surface area (Å²) in [4.78, 5) is 24.9. The number of amides is 1. The van der Waals surface area contributed by atoms with Crippen LogP contribution in [0.15, 0.2) is 24.3 Å². The van der Waals surface area contributed by atoms with Crippen LogP contribution in [0.4, 0.5) is 13.2 Å². The van der Waals surface area contributed by atoms with Gasteiger partial charge < -0.3 is 10.0 Å². The van der Waals surface area contributed by atoms with E-state index in [0.717, 1.165) is 6.07 Å². The van der Waals surface area contributed by atoms with Crippen LogP contribution >= 0.6 is 0 Å². The first-order chi connectivity index (χ1) is 10.8. The van der Waals surface area contributed by atoms with Gasteiger partial charge in [-0.25, -0.2) is 4.79 Å². The van der Waals surface area contributed by atoms with Crippen molar-refractivity contribution in [1.29, 1.82) is 0 Å². The Balaban J connectivity index is 1.78. The largest absolute Gasteiger partial charge is 0.480 e. The molecule has 2 aliphatic rings. The van der Waals surface area contributed by atoms with Gasteiger partial charge in [-0.1, -0.05) is 18.2 Å². The van der Waals surface area contributed by atoms with Crippen molar-refractivity contribution >= 4 is 11.9 Å². The molecule has 0 unspecified atom stereocenters. The first kappa shape index (κ1) is 15.8. The number of rotatable bonds is 3. The molecule has 1 amide bonds. The smallest absolute Gasteiger partial charge is 0.416 e. The average molecular weight is 327 g/mol. The highest BCUT2D eigenvalue weighted by Gasteiger charge is 2.51. The summed E-state index contributed by atoms with van der Waals surface area (Å²) in [6.07, 6.45) is -3.10.